The summed E-state index contributed by atoms with van der Waals surface area (Å²) in [5.41, 5.74) is -0.427. The number of carbonyl (C=O) groups excluding carboxylic acids is 1. The van der Waals surface area contributed by atoms with Gasteiger partial charge >= 0.3 is 0 Å². The van der Waals surface area contributed by atoms with Crippen LogP contribution in [0.4, 0.5) is 0 Å². The standard InChI is InChI=1S/C17H30O2/c1-3-19-17(11-7-8-14(2)13-17)16(18)12-15-9-5-4-6-10-15/h14-15H,3-13H2,1-2H3. The molecule has 2 heteroatoms. The summed E-state index contributed by atoms with van der Waals surface area (Å²) in [6, 6.07) is 0. The van der Waals surface area contributed by atoms with Crippen molar-refractivity contribution in [2.45, 2.75) is 83.7 Å². The van der Waals surface area contributed by atoms with Crippen LogP contribution in [0.2, 0.25) is 0 Å². The van der Waals surface area contributed by atoms with Gasteiger partial charge in [0.25, 0.3) is 0 Å². The monoisotopic (exact) mass is 266 g/mol. The third-order valence-corrected chi connectivity index (χ3v) is 5.08. The molecular formula is C17H30O2. The predicted octanol–water partition coefficient (Wildman–Crippen LogP) is 4.51. The van der Waals surface area contributed by atoms with Gasteiger partial charge in [0.15, 0.2) is 5.78 Å². The highest BCUT2D eigenvalue weighted by molar-refractivity contribution is 5.87. The van der Waals surface area contributed by atoms with Crippen molar-refractivity contribution in [2.75, 3.05) is 6.61 Å². The molecule has 0 saturated heterocycles. The van der Waals surface area contributed by atoms with Crippen LogP contribution in [0.3, 0.4) is 0 Å². The number of Topliss-reactive ketones (excluding diaryl/α,β-unsaturated/α-hetero) is 1. The average Bonchev–Trinajstić information content (AvgIpc) is 2.40. The second-order valence-corrected chi connectivity index (χ2v) is 6.76. The zero-order chi connectivity index (χ0) is 13.7. The summed E-state index contributed by atoms with van der Waals surface area (Å²) >= 11 is 0. The van der Waals surface area contributed by atoms with Crippen LogP contribution in [0.5, 0.6) is 0 Å². The quantitative estimate of drug-likeness (QED) is 0.731. The zero-order valence-corrected chi connectivity index (χ0v) is 12.7. The van der Waals surface area contributed by atoms with Crippen LogP contribution < -0.4 is 0 Å². The maximum atomic E-state index is 12.8. The summed E-state index contributed by atoms with van der Waals surface area (Å²) < 4.78 is 5.99. The topological polar surface area (TPSA) is 26.3 Å². The van der Waals surface area contributed by atoms with E-state index in [1.54, 1.807) is 0 Å². The van der Waals surface area contributed by atoms with Crippen molar-refractivity contribution in [1.82, 2.24) is 0 Å². The number of ether oxygens (including phenoxy) is 1. The van der Waals surface area contributed by atoms with Gasteiger partial charge in [0.2, 0.25) is 0 Å². The normalized spacial score (nSPS) is 33.3. The van der Waals surface area contributed by atoms with E-state index >= 15 is 0 Å². The molecule has 110 valence electrons. The molecule has 0 N–H and O–H groups in total. The SMILES string of the molecule is CCOC1(C(=O)CC2CCCCC2)CCCC(C)C1. The molecule has 2 aliphatic rings. The summed E-state index contributed by atoms with van der Waals surface area (Å²) in [6.45, 7) is 4.96. The van der Waals surface area contributed by atoms with Crippen molar-refractivity contribution in [3.63, 3.8) is 0 Å². The Morgan fingerprint density at radius 3 is 2.53 bits per heavy atom. The van der Waals surface area contributed by atoms with E-state index in [1.165, 1.54) is 38.5 Å². The number of hydrogen-bond donors (Lipinski definition) is 0. The van der Waals surface area contributed by atoms with Crippen LogP contribution in [-0.4, -0.2) is 18.0 Å². The molecule has 2 aliphatic carbocycles. The van der Waals surface area contributed by atoms with Crippen molar-refractivity contribution in [3.05, 3.63) is 0 Å². The maximum Gasteiger partial charge on any atom is 0.164 e. The third kappa shape index (κ3) is 3.81. The van der Waals surface area contributed by atoms with E-state index in [1.807, 2.05) is 6.92 Å². The molecule has 0 aromatic rings. The van der Waals surface area contributed by atoms with Crippen LogP contribution >= 0.6 is 0 Å². The molecular weight excluding hydrogens is 236 g/mol. The highest BCUT2D eigenvalue weighted by Crippen LogP contribution is 2.38. The van der Waals surface area contributed by atoms with Crippen molar-refractivity contribution >= 4 is 5.78 Å². The summed E-state index contributed by atoms with van der Waals surface area (Å²) in [4.78, 5) is 12.8. The lowest BCUT2D eigenvalue weighted by atomic mass is 9.73. The minimum Gasteiger partial charge on any atom is -0.367 e. The first kappa shape index (κ1) is 15.0. The van der Waals surface area contributed by atoms with Crippen LogP contribution in [-0.2, 0) is 9.53 Å². The minimum atomic E-state index is -0.427. The van der Waals surface area contributed by atoms with Gasteiger partial charge in [-0.05, 0) is 38.0 Å². The molecule has 2 rings (SSSR count). The van der Waals surface area contributed by atoms with Crippen molar-refractivity contribution in [1.29, 1.82) is 0 Å². The van der Waals surface area contributed by atoms with E-state index in [9.17, 15) is 4.79 Å². The third-order valence-electron chi connectivity index (χ3n) is 5.08. The highest BCUT2D eigenvalue weighted by Gasteiger charge is 2.42. The van der Waals surface area contributed by atoms with Crippen LogP contribution in [0.1, 0.15) is 78.1 Å². The fraction of sp³-hybridized carbons (Fsp3) is 0.941. The molecule has 0 heterocycles. The Hall–Kier alpha value is -0.370. The lowest BCUT2D eigenvalue weighted by molar-refractivity contribution is -0.152. The lowest BCUT2D eigenvalue weighted by Gasteiger charge is -2.39. The molecule has 19 heavy (non-hydrogen) atoms. The molecule has 2 atom stereocenters. The molecule has 0 spiro atoms. The fourth-order valence-corrected chi connectivity index (χ4v) is 4.08. The molecule has 0 aromatic heterocycles. The van der Waals surface area contributed by atoms with Gasteiger partial charge in [-0.3, -0.25) is 4.79 Å². The zero-order valence-electron chi connectivity index (χ0n) is 12.7. The summed E-state index contributed by atoms with van der Waals surface area (Å²) in [7, 11) is 0. The first-order chi connectivity index (χ1) is 9.16. The molecule has 2 saturated carbocycles. The Labute approximate surface area is 118 Å². The van der Waals surface area contributed by atoms with Crippen molar-refractivity contribution in [3.8, 4) is 0 Å². The molecule has 0 bridgehead atoms. The second kappa shape index (κ2) is 6.88. The number of hydrogen-bond acceptors (Lipinski definition) is 2. The summed E-state index contributed by atoms with van der Waals surface area (Å²) in [5.74, 6) is 1.68. The van der Waals surface area contributed by atoms with Crippen LogP contribution in [0.25, 0.3) is 0 Å². The van der Waals surface area contributed by atoms with Gasteiger partial charge < -0.3 is 4.74 Å². The minimum absolute atomic E-state index is 0.410. The molecule has 2 fully saturated rings. The molecule has 2 nitrogen and oxygen atoms in total. The lowest BCUT2D eigenvalue weighted by Crippen LogP contribution is -2.46. The van der Waals surface area contributed by atoms with Crippen molar-refractivity contribution in [2.24, 2.45) is 11.8 Å². The van der Waals surface area contributed by atoms with Crippen LogP contribution in [0, 0.1) is 11.8 Å². The first-order valence-electron chi connectivity index (χ1n) is 8.33. The second-order valence-electron chi connectivity index (χ2n) is 6.76. The fourth-order valence-electron chi connectivity index (χ4n) is 4.08. The molecule has 2 unspecified atom stereocenters. The maximum absolute atomic E-state index is 12.8. The Bertz CT molecular complexity index is 290. The van der Waals surface area contributed by atoms with Gasteiger partial charge in [0.1, 0.15) is 5.60 Å². The summed E-state index contributed by atoms with van der Waals surface area (Å²) in [5, 5.41) is 0. The van der Waals surface area contributed by atoms with E-state index in [0.29, 0.717) is 24.2 Å². The number of rotatable bonds is 5. The van der Waals surface area contributed by atoms with Gasteiger partial charge in [0.05, 0.1) is 0 Å². The smallest absolute Gasteiger partial charge is 0.164 e. The average molecular weight is 266 g/mol. The van der Waals surface area contributed by atoms with E-state index in [-0.39, 0.29) is 0 Å². The van der Waals surface area contributed by atoms with Gasteiger partial charge in [0, 0.05) is 13.0 Å². The van der Waals surface area contributed by atoms with E-state index in [4.69, 9.17) is 4.74 Å². The summed E-state index contributed by atoms with van der Waals surface area (Å²) in [6.07, 6.45) is 11.6. The van der Waals surface area contributed by atoms with Gasteiger partial charge in [-0.2, -0.15) is 0 Å². The van der Waals surface area contributed by atoms with Gasteiger partial charge in [-0.1, -0.05) is 45.4 Å². The predicted molar refractivity (Wildman–Crippen MR) is 78.2 cm³/mol. The van der Waals surface area contributed by atoms with Crippen LogP contribution in [0.15, 0.2) is 0 Å². The Kier molecular flexibility index (Phi) is 5.44. The molecule has 0 aliphatic heterocycles. The highest BCUT2D eigenvalue weighted by atomic mass is 16.5. The molecule has 0 radical (unpaired) electrons. The van der Waals surface area contributed by atoms with E-state index in [2.05, 4.69) is 6.92 Å². The Morgan fingerprint density at radius 1 is 1.16 bits per heavy atom. The van der Waals surface area contributed by atoms with Gasteiger partial charge in [-0.15, -0.1) is 0 Å². The largest absolute Gasteiger partial charge is 0.367 e. The van der Waals surface area contributed by atoms with E-state index in [0.717, 1.165) is 25.7 Å². The Balaban J connectivity index is 1.98. The molecule has 0 amide bonds. The van der Waals surface area contributed by atoms with Crippen molar-refractivity contribution < 1.29 is 9.53 Å². The van der Waals surface area contributed by atoms with Gasteiger partial charge in [-0.25, -0.2) is 0 Å². The first-order valence-corrected chi connectivity index (χ1v) is 8.33. The molecule has 0 aromatic carbocycles. The number of ketones is 1. The number of carbonyl (C=O) groups is 1. The Morgan fingerprint density at radius 2 is 1.89 bits per heavy atom. The van der Waals surface area contributed by atoms with E-state index < -0.39 is 5.60 Å².